The van der Waals surface area contributed by atoms with Crippen LogP contribution < -0.4 is 15.5 Å². The van der Waals surface area contributed by atoms with Crippen LogP contribution in [0.4, 0.5) is 5.82 Å². The Morgan fingerprint density at radius 3 is 2.50 bits per heavy atom. The lowest BCUT2D eigenvalue weighted by atomic mass is 10.0. The van der Waals surface area contributed by atoms with E-state index in [0.717, 1.165) is 31.0 Å². The summed E-state index contributed by atoms with van der Waals surface area (Å²) < 4.78 is 5.31. The number of aliphatic hydroxyl groups is 1. The van der Waals surface area contributed by atoms with Gasteiger partial charge in [0.2, 0.25) is 0 Å². The fraction of sp³-hybridized carbons (Fsp3) is 0.500. The van der Waals surface area contributed by atoms with Crippen LogP contribution >= 0.6 is 24.0 Å². The number of hydrogen-bond acceptors (Lipinski definition) is 5. The smallest absolute Gasteiger partial charge is 0.191 e. The molecule has 28 heavy (non-hydrogen) atoms. The summed E-state index contributed by atoms with van der Waals surface area (Å²) in [4.78, 5) is 11.3. The first kappa shape index (κ1) is 24.2. The highest BCUT2D eigenvalue weighted by Gasteiger charge is 2.26. The molecule has 0 fully saturated rings. The van der Waals surface area contributed by atoms with Crippen LogP contribution in [0.3, 0.4) is 0 Å². The van der Waals surface area contributed by atoms with E-state index in [4.69, 9.17) is 4.42 Å². The minimum atomic E-state index is -1.12. The third-order valence-corrected chi connectivity index (χ3v) is 4.31. The monoisotopic (exact) mass is 501 g/mol. The van der Waals surface area contributed by atoms with Gasteiger partial charge in [-0.05, 0) is 51.5 Å². The normalized spacial score (nSPS) is 13.4. The molecule has 2 heterocycles. The Kier molecular flexibility index (Phi) is 10.3. The van der Waals surface area contributed by atoms with Crippen molar-refractivity contribution in [2.75, 3.05) is 31.1 Å². The third kappa shape index (κ3) is 6.97. The summed E-state index contributed by atoms with van der Waals surface area (Å²) in [6.07, 6.45) is 3.41. The summed E-state index contributed by atoms with van der Waals surface area (Å²) in [6, 6.07) is 7.60. The molecule has 2 rings (SSSR count). The average molecular weight is 501 g/mol. The summed E-state index contributed by atoms with van der Waals surface area (Å²) in [5.41, 5.74) is -0.0898. The predicted octanol–water partition coefficient (Wildman–Crippen LogP) is 3.10. The first-order valence-electron chi connectivity index (χ1n) is 9.48. The molecule has 0 aliphatic rings. The summed E-state index contributed by atoms with van der Waals surface area (Å²) in [5, 5.41) is 16.9. The Hall–Kier alpha value is -1.81. The maximum atomic E-state index is 10.6. The van der Waals surface area contributed by atoms with Crippen molar-refractivity contribution in [3.63, 3.8) is 0 Å². The highest BCUT2D eigenvalue weighted by Crippen LogP contribution is 2.19. The van der Waals surface area contributed by atoms with E-state index in [1.165, 1.54) is 0 Å². The predicted molar refractivity (Wildman–Crippen MR) is 124 cm³/mol. The van der Waals surface area contributed by atoms with E-state index in [9.17, 15) is 5.11 Å². The zero-order valence-electron chi connectivity index (χ0n) is 17.1. The maximum absolute atomic E-state index is 10.6. The van der Waals surface area contributed by atoms with Gasteiger partial charge in [-0.15, -0.1) is 24.0 Å². The van der Waals surface area contributed by atoms with Crippen LogP contribution in [0.1, 0.15) is 39.0 Å². The zero-order valence-corrected chi connectivity index (χ0v) is 19.4. The standard InChI is InChI=1S/C20H31N5O2.HI/c1-5-21-19(24-15-20(4,26)17-9-8-12-27-17)23-14-16-10-11-18(22-13-16)25(6-2)7-3;/h8-13,26H,5-7,14-15H2,1-4H3,(H2,21,23,24);1H. The van der Waals surface area contributed by atoms with Crippen molar-refractivity contribution in [3.8, 4) is 0 Å². The Morgan fingerprint density at radius 1 is 1.21 bits per heavy atom. The molecule has 156 valence electrons. The Balaban J connectivity index is 0.00000392. The van der Waals surface area contributed by atoms with E-state index in [1.807, 2.05) is 25.3 Å². The van der Waals surface area contributed by atoms with Crippen LogP contribution in [0.5, 0.6) is 0 Å². The lowest BCUT2D eigenvalue weighted by molar-refractivity contribution is 0.0386. The first-order valence-corrected chi connectivity index (χ1v) is 9.48. The van der Waals surface area contributed by atoms with E-state index in [0.29, 0.717) is 18.3 Å². The van der Waals surface area contributed by atoms with Gasteiger partial charge in [-0.1, -0.05) is 6.07 Å². The number of aromatic nitrogens is 1. The molecule has 8 heteroatoms. The summed E-state index contributed by atoms with van der Waals surface area (Å²) in [6.45, 7) is 11.3. The molecule has 1 atom stereocenters. The Labute approximate surface area is 184 Å². The molecule has 2 aromatic heterocycles. The van der Waals surface area contributed by atoms with Crippen LogP contribution in [-0.2, 0) is 12.1 Å². The largest absolute Gasteiger partial charge is 0.466 e. The van der Waals surface area contributed by atoms with E-state index in [2.05, 4.69) is 39.4 Å². The van der Waals surface area contributed by atoms with Gasteiger partial charge in [-0.25, -0.2) is 9.98 Å². The number of furan rings is 1. The molecular weight excluding hydrogens is 469 g/mol. The van der Waals surface area contributed by atoms with Gasteiger partial charge in [0.25, 0.3) is 0 Å². The lowest BCUT2D eigenvalue weighted by Crippen LogP contribution is -2.44. The maximum Gasteiger partial charge on any atom is 0.191 e. The molecule has 0 aliphatic heterocycles. The van der Waals surface area contributed by atoms with Crippen LogP contribution in [0.15, 0.2) is 46.1 Å². The minimum absolute atomic E-state index is 0. The first-order chi connectivity index (χ1) is 13.0. The van der Waals surface area contributed by atoms with E-state index >= 15 is 0 Å². The molecule has 0 aliphatic carbocycles. The van der Waals surface area contributed by atoms with Gasteiger partial charge >= 0.3 is 0 Å². The third-order valence-electron chi connectivity index (χ3n) is 4.31. The van der Waals surface area contributed by atoms with Gasteiger partial charge in [-0.3, -0.25) is 0 Å². The number of halogens is 1. The second kappa shape index (κ2) is 11.9. The van der Waals surface area contributed by atoms with Crippen molar-refractivity contribution in [1.82, 2.24) is 15.6 Å². The number of aliphatic imine (C=N–C) groups is 1. The molecule has 7 nitrogen and oxygen atoms in total. The van der Waals surface area contributed by atoms with Crippen molar-refractivity contribution in [2.45, 2.75) is 39.8 Å². The van der Waals surface area contributed by atoms with Crippen molar-refractivity contribution < 1.29 is 9.52 Å². The van der Waals surface area contributed by atoms with Crippen LogP contribution in [0, 0.1) is 0 Å². The molecule has 0 saturated heterocycles. The zero-order chi connectivity index (χ0) is 19.7. The second-order valence-electron chi connectivity index (χ2n) is 6.50. The van der Waals surface area contributed by atoms with Crippen LogP contribution in [-0.4, -0.2) is 42.2 Å². The van der Waals surface area contributed by atoms with E-state index in [1.54, 1.807) is 25.3 Å². The summed E-state index contributed by atoms with van der Waals surface area (Å²) >= 11 is 0. The summed E-state index contributed by atoms with van der Waals surface area (Å²) in [5.74, 6) is 2.13. The lowest BCUT2D eigenvalue weighted by Gasteiger charge is -2.22. The highest BCUT2D eigenvalue weighted by molar-refractivity contribution is 14.0. The van der Waals surface area contributed by atoms with Gasteiger partial charge in [0.1, 0.15) is 17.2 Å². The Morgan fingerprint density at radius 2 is 1.96 bits per heavy atom. The molecule has 2 aromatic rings. The van der Waals surface area contributed by atoms with Gasteiger partial charge in [0, 0.05) is 25.8 Å². The molecule has 0 saturated carbocycles. The number of hydrogen-bond donors (Lipinski definition) is 3. The average Bonchev–Trinajstić information content (AvgIpc) is 3.22. The summed E-state index contributed by atoms with van der Waals surface area (Å²) in [7, 11) is 0. The van der Waals surface area contributed by atoms with Crippen molar-refractivity contribution in [1.29, 1.82) is 0 Å². The Bertz CT molecular complexity index is 698. The van der Waals surface area contributed by atoms with Crippen molar-refractivity contribution >= 4 is 35.8 Å². The van der Waals surface area contributed by atoms with Crippen LogP contribution in [0.2, 0.25) is 0 Å². The van der Waals surface area contributed by atoms with Gasteiger partial charge < -0.3 is 25.1 Å². The molecule has 0 radical (unpaired) electrons. The van der Waals surface area contributed by atoms with Crippen molar-refractivity contribution in [2.24, 2.45) is 4.99 Å². The molecule has 0 amide bonds. The number of nitrogens with one attached hydrogen (secondary N) is 2. The van der Waals surface area contributed by atoms with Crippen LogP contribution in [0.25, 0.3) is 0 Å². The SMILES string of the molecule is CCNC(=NCc1ccc(N(CC)CC)nc1)NCC(C)(O)c1ccco1.I. The van der Waals surface area contributed by atoms with Gasteiger partial charge in [0.15, 0.2) is 5.96 Å². The van der Waals surface area contributed by atoms with Crippen molar-refractivity contribution in [3.05, 3.63) is 48.0 Å². The fourth-order valence-electron chi connectivity index (χ4n) is 2.68. The fourth-order valence-corrected chi connectivity index (χ4v) is 2.68. The van der Waals surface area contributed by atoms with E-state index in [-0.39, 0.29) is 30.5 Å². The molecule has 1 unspecified atom stereocenters. The number of pyridine rings is 1. The minimum Gasteiger partial charge on any atom is -0.466 e. The molecule has 0 bridgehead atoms. The molecule has 3 N–H and O–H groups in total. The molecular formula is C20H32IN5O2. The molecule has 0 spiro atoms. The van der Waals surface area contributed by atoms with E-state index < -0.39 is 5.60 Å². The quantitative estimate of drug-likeness (QED) is 0.278. The number of rotatable bonds is 9. The topological polar surface area (TPSA) is 85.9 Å². The number of anilines is 1. The number of guanidine groups is 1. The number of nitrogens with zero attached hydrogens (tertiary/aromatic N) is 3. The molecule has 0 aromatic carbocycles. The van der Waals surface area contributed by atoms with Gasteiger partial charge in [0.05, 0.1) is 19.4 Å². The highest BCUT2D eigenvalue weighted by atomic mass is 127. The second-order valence-corrected chi connectivity index (χ2v) is 6.50. The van der Waals surface area contributed by atoms with Gasteiger partial charge in [-0.2, -0.15) is 0 Å².